The molecule has 92 valence electrons. The lowest BCUT2D eigenvalue weighted by Crippen LogP contribution is -2.05. The van der Waals surface area contributed by atoms with Crippen molar-refractivity contribution in [1.29, 1.82) is 0 Å². The van der Waals surface area contributed by atoms with Crippen molar-refractivity contribution in [3.05, 3.63) is 60.2 Å². The normalized spacial score (nSPS) is 12.6. The number of hydrogen-bond donors (Lipinski definition) is 1. The molecule has 0 radical (unpaired) electrons. The predicted molar refractivity (Wildman–Crippen MR) is 75.4 cm³/mol. The SMILES string of the molecule is Oc1ccc2c(c1)COc1c-2ccc2ccccc12. The molecule has 1 aliphatic heterocycles. The zero-order valence-corrected chi connectivity index (χ0v) is 10.3. The van der Waals surface area contributed by atoms with Crippen molar-refractivity contribution in [1.82, 2.24) is 0 Å². The summed E-state index contributed by atoms with van der Waals surface area (Å²) >= 11 is 0. The van der Waals surface area contributed by atoms with Crippen molar-refractivity contribution in [2.24, 2.45) is 0 Å². The first kappa shape index (κ1) is 10.4. The number of rotatable bonds is 0. The molecule has 0 saturated heterocycles. The van der Waals surface area contributed by atoms with Crippen LogP contribution >= 0.6 is 0 Å². The maximum absolute atomic E-state index is 9.55. The van der Waals surface area contributed by atoms with Crippen LogP contribution in [-0.2, 0) is 6.61 Å². The highest BCUT2D eigenvalue weighted by Crippen LogP contribution is 2.42. The first-order chi connectivity index (χ1) is 9.33. The van der Waals surface area contributed by atoms with Crippen molar-refractivity contribution in [2.45, 2.75) is 6.61 Å². The van der Waals surface area contributed by atoms with Crippen LogP contribution in [-0.4, -0.2) is 5.11 Å². The van der Waals surface area contributed by atoms with Crippen LogP contribution in [0.25, 0.3) is 21.9 Å². The highest BCUT2D eigenvalue weighted by atomic mass is 16.5. The number of aromatic hydroxyl groups is 1. The topological polar surface area (TPSA) is 29.5 Å². The van der Waals surface area contributed by atoms with Gasteiger partial charge in [-0.15, -0.1) is 0 Å². The van der Waals surface area contributed by atoms with Gasteiger partial charge in [0.2, 0.25) is 0 Å². The van der Waals surface area contributed by atoms with E-state index in [0.717, 1.165) is 27.8 Å². The number of phenols is 1. The fraction of sp³-hybridized carbons (Fsp3) is 0.0588. The zero-order chi connectivity index (χ0) is 12.8. The summed E-state index contributed by atoms with van der Waals surface area (Å²) < 4.78 is 5.91. The third-order valence-corrected chi connectivity index (χ3v) is 3.63. The minimum absolute atomic E-state index is 0.284. The van der Waals surface area contributed by atoms with Crippen LogP contribution in [0.4, 0.5) is 0 Å². The first-order valence-electron chi connectivity index (χ1n) is 6.30. The van der Waals surface area contributed by atoms with E-state index in [0.29, 0.717) is 6.61 Å². The Hall–Kier alpha value is -2.48. The summed E-state index contributed by atoms with van der Waals surface area (Å²) in [6, 6.07) is 17.9. The second-order valence-electron chi connectivity index (χ2n) is 4.79. The molecule has 4 rings (SSSR count). The Labute approximate surface area is 110 Å². The molecule has 0 saturated carbocycles. The van der Waals surface area contributed by atoms with Gasteiger partial charge in [0.05, 0.1) is 0 Å². The lowest BCUT2D eigenvalue weighted by Gasteiger charge is -2.22. The molecule has 0 atom stereocenters. The predicted octanol–water partition coefficient (Wildman–Crippen LogP) is 4.10. The van der Waals surface area contributed by atoms with E-state index in [-0.39, 0.29) is 5.75 Å². The van der Waals surface area contributed by atoms with Crippen molar-refractivity contribution in [2.75, 3.05) is 0 Å². The monoisotopic (exact) mass is 248 g/mol. The maximum atomic E-state index is 9.55. The average Bonchev–Trinajstić information content (AvgIpc) is 2.46. The van der Waals surface area contributed by atoms with Gasteiger partial charge in [0.1, 0.15) is 18.1 Å². The van der Waals surface area contributed by atoms with Crippen molar-refractivity contribution in [3.8, 4) is 22.6 Å². The largest absolute Gasteiger partial charge is 0.508 e. The van der Waals surface area contributed by atoms with E-state index in [1.165, 1.54) is 5.39 Å². The van der Waals surface area contributed by atoms with Gasteiger partial charge in [-0.2, -0.15) is 0 Å². The van der Waals surface area contributed by atoms with Crippen molar-refractivity contribution in [3.63, 3.8) is 0 Å². The van der Waals surface area contributed by atoms with E-state index in [9.17, 15) is 5.11 Å². The van der Waals surface area contributed by atoms with E-state index >= 15 is 0 Å². The van der Waals surface area contributed by atoms with Gasteiger partial charge in [-0.1, -0.05) is 42.5 Å². The second-order valence-corrected chi connectivity index (χ2v) is 4.79. The van der Waals surface area contributed by atoms with Crippen LogP contribution in [0.1, 0.15) is 5.56 Å². The molecule has 0 spiro atoms. The fourth-order valence-corrected chi connectivity index (χ4v) is 2.72. The standard InChI is InChI=1S/C17H12O2/c18-13-6-8-14-12(9-13)10-19-17-15-4-2-1-3-11(15)5-7-16(14)17/h1-9,18H,10H2. The molecule has 19 heavy (non-hydrogen) atoms. The number of hydrogen-bond acceptors (Lipinski definition) is 2. The van der Waals surface area contributed by atoms with Crippen LogP contribution in [0.2, 0.25) is 0 Å². The minimum atomic E-state index is 0.284. The van der Waals surface area contributed by atoms with E-state index in [2.05, 4.69) is 24.3 Å². The Bertz CT molecular complexity index is 790. The first-order valence-corrected chi connectivity index (χ1v) is 6.30. The summed E-state index contributed by atoms with van der Waals surface area (Å²) in [5, 5.41) is 11.9. The number of fused-ring (bicyclic) bond motifs is 5. The lowest BCUT2D eigenvalue weighted by molar-refractivity contribution is 0.305. The summed E-state index contributed by atoms with van der Waals surface area (Å²) in [7, 11) is 0. The van der Waals surface area contributed by atoms with Crippen LogP contribution in [0.3, 0.4) is 0 Å². The van der Waals surface area contributed by atoms with Gasteiger partial charge in [0, 0.05) is 16.5 Å². The van der Waals surface area contributed by atoms with Gasteiger partial charge in [-0.3, -0.25) is 0 Å². The lowest BCUT2D eigenvalue weighted by atomic mass is 9.94. The minimum Gasteiger partial charge on any atom is -0.508 e. The van der Waals surface area contributed by atoms with Crippen LogP contribution in [0.15, 0.2) is 54.6 Å². The molecule has 0 unspecified atom stereocenters. The number of benzene rings is 3. The van der Waals surface area contributed by atoms with Gasteiger partial charge in [0.15, 0.2) is 0 Å². The van der Waals surface area contributed by atoms with Gasteiger partial charge in [-0.05, 0) is 23.1 Å². The molecule has 0 amide bonds. The van der Waals surface area contributed by atoms with Gasteiger partial charge in [-0.25, -0.2) is 0 Å². The smallest absolute Gasteiger partial charge is 0.135 e. The van der Waals surface area contributed by atoms with Gasteiger partial charge in [0.25, 0.3) is 0 Å². The Morgan fingerprint density at radius 1 is 0.895 bits per heavy atom. The molecule has 0 bridgehead atoms. The maximum Gasteiger partial charge on any atom is 0.135 e. The summed E-state index contributed by atoms with van der Waals surface area (Å²) in [6.07, 6.45) is 0. The highest BCUT2D eigenvalue weighted by molar-refractivity contribution is 5.96. The molecule has 0 fully saturated rings. The third-order valence-electron chi connectivity index (χ3n) is 3.63. The molecule has 1 heterocycles. The summed E-state index contributed by atoms with van der Waals surface area (Å²) in [4.78, 5) is 0. The summed E-state index contributed by atoms with van der Waals surface area (Å²) in [5.74, 6) is 1.22. The second kappa shape index (κ2) is 3.75. The van der Waals surface area contributed by atoms with Crippen LogP contribution in [0, 0.1) is 0 Å². The van der Waals surface area contributed by atoms with Crippen molar-refractivity contribution < 1.29 is 9.84 Å². The zero-order valence-electron chi connectivity index (χ0n) is 10.3. The number of phenolic OH excluding ortho intramolecular Hbond substituents is 1. The summed E-state index contributed by atoms with van der Waals surface area (Å²) in [6.45, 7) is 0.505. The van der Waals surface area contributed by atoms with Gasteiger partial charge < -0.3 is 9.84 Å². The van der Waals surface area contributed by atoms with Crippen LogP contribution in [0.5, 0.6) is 11.5 Å². The fourth-order valence-electron chi connectivity index (χ4n) is 2.72. The quantitative estimate of drug-likeness (QED) is 0.649. The molecule has 3 aromatic rings. The molecule has 1 N–H and O–H groups in total. The average molecular weight is 248 g/mol. The Morgan fingerprint density at radius 2 is 1.74 bits per heavy atom. The van der Waals surface area contributed by atoms with Crippen molar-refractivity contribution >= 4 is 10.8 Å². The molecule has 0 aliphatic carbocycles. The highest BCUT2D eigenvalue weighted by Gasteiger charge is 2.19. The van der Waals surface area contributed by atoms with E-state index in [1.54, 1.807) is 12.1 Å². The van der Waals surface area contributed by atoms with E-state index < -0.39 is 0 Å². The molecular formula is C17H12O2. The van der Waals surface area contributed by atoms with E-state index in [4.69, 9.17) is 4.74 Å². The Balaban J connectivity index is 2.05. The van der Waals surface area contributed by atoms with E-state index in [1.807, 2.05) is 18.2 Å². The molecular weight excluding hydrogens is 236 g/mol. The number of ether oxygens (including phenoxy) is 1. The molecule has 2 nitrogen and oxygen atoms in total. The Kier molecular flexibility index (Phi) is 2.06. The Morgan fingerprint density at radius 3 is 2.68 bits per heavy atom. The molecule has 0 aromatic heterocycles. The van der Waals surface area contributed by atoms with Crippen LogP contribution < -0.4 is 4.74 Å². The summed E-state index contributed by atoms with van der Waals surface area (Å²) in [5.41, 5.74) is 3.27. The molecule has 1 aliphatic rings. The third kappa shape index (κ3) is 1.50. The van der Waals surface area contributed by atoms with Gasteiger partial charge >= 0.3 is 0 Å². The molecule has 3 aromatic carbocycles. The molecule has 2 heteroatoms.